The van der Waals surface area contributed by atoms with Gasteiger partial charge in [-0.3, -0.25) is 0 Å². The average molecular weight is 268 g/mol. The molecule has 0 heterocycles. The van der Waals surface area contributed by atoms with Gasteiger partial charge in [0.1, 0.15) is 5.84 Å². The van der Waals surface area contributed by atoms with Gasteiger partial charge in [-0.1, -0.05) is 5.16 Å². The molecule has 0 radical (unpaired) electrons. The lowest BCUT2D eigenvalue weighted by molar-refractivity contribution is 0.204. The second kappa shape index (κ2) is 9.16. The van der Waals surface area contributed by atoms with E-state index in [9.17, 15) is 8.42 Å². The first kappa shape index (κ1) is 16.1. The molecule has 0 rings (SSSR count). The number of nitrogens with one attached hydrogen (secondary N) is 2. The maximum Gasteiger partial charge on any atom is 0.276 e. The van der Waals surface area contributed by atoms with Gasteiger partial charge in [0.15, 0.2) is 0 Å². The van der Waals surface area contributed by atoms with Crippen molar-refractivity contribution >= 4 is 16.0 Å². The fourth-order valence-corrected chi connectivity index (χ4v) is 1.88. The van der Waals surface area contributed by atoms with E-state index in [1.807, 2.05) is 0 Å². The van der Waals surface area contributed by atoms with Crippen molar-refractivity contribution < 1.29 is 18.4 Å². The molecule has 0 bridgehead atoms. The third-order valence-electron chi connectivity index (χ3n) is 1.88. The third kappa shape index (κ3) is 10.00. The van der Waals surface area contributed by atoms with Crippen molar-refractivity contribution in [3.05, 3.63) is 0 Å². The number of unbranched alkanes of at least 4 members (excludes halogenated alkanes) is 1. The summed E-state index contributed by atoms with van der Waals surface area (Å²) in [5.74, 6) is 0.145. The summed E-state index contributed by atoms with van der Waals surface area (Å²) in [5, 5.41) is 11.1. The Balaban J connectivity index is 3.59. The maximum atomic E-state index is 11.3. The van der Waals surface area contributed by atoms with Crippen molar-refractivity contribution in [2.45, 2.75) is 19.3 Å². The highest BCUT2D eigenvalue weighted by atomic mass is 32.2. The van der Waals surface area contributed by atoms with Crippen LogP contribution in [0.2, 0.25) is 0 Å². The fraction of sp³-hybridized carbons (Fsp3) is 0.875. The highest BCUT2D eigenvalue weighted by Crippen LogP contribution is 1.94. The summed E-state index contributed by atoms with van der Waals surface area (Å²) in [6.45, 7) is 0.862. The summed E-state index contributed by atoms with van der Waals surface area (Å²) >= 11 is 0. The van der Waals surface area contributed by atoms with E-state index in [1.54, 1.807) is 0 Å². The average Bonchev–Trinajstić information content (AvgIpc) is 2.28. The Hall–Kier alpha value is -0.900. The Morgan fingerprint density at radius 3 is 2.59 bits per heavy atom. The zero-order chi connectivity index (χ0) is 13.1. The second-order valence-electron chi connectivity index (χ2n) is 3.33. The zero-order valence-electron chi connectivity index (χ0n) is 9.85. The van der Waals surface area contributed by atoms with Crippen LogP contribution in [0.25, 0.3) is 0 Å². The zero-order valence-corrected chi connectivity index (χ0v) is 10.7. The summed E-state index contributed by atoms with van der Waals surface area (Å²) in [5.41, 5.74) is 5.26. The van der Waals surface area contributed by atoms with Gasteiger partial charge in [-0.05, 0) is 12.8 Å². The molecule has 0 spiro atoms. The number of rotatable bonds is 10. The van der Waals surface area contributed by atoms with Crippen LogP contribution in [-0.4, -0.2) is 46.3 Å². The number of methoxy groups -OCH3 is 1. The van der Waals surface area contributed by atoms with E-state index in [4.69, 9.17) is 15.7 Å². The van der Waals surface area contributed by atoms with Gasteiger partial charge in [0.2, 0.25) is 0 Å². The molecule has 9 heteroatoms. The lowest BCUT2D eigenvalue weighted by Gasteiger charge is -2.07. The second-order valence-corrected chi connectivity index (χ2v) is 4.92. The van der Waals surface area contributed by atoms with E-state index in [1.165, 1.54) is 7.11 Å². The van der Waals surface area contributed by atoms with Crippen LogP contribution >= 0.6 is 0 Å². The number of hydrogen-bond acceptors (Lipinski definition) is 5. The number of ether oxygens (including phenoxy) is 1. The molecule has 0 aromatic heterocycles. The minimum Gasteiger partial charge on any atom is -0.409 e. The highest BCUT2D eigenvalue weighted by molar-refractivity contribution is 7.87. The van der Waals surface area contributed by atoms with Gasteiger partial charge in [-0.2, -0.15) is 13.1 Å². The normalized spacial score (nSPS) is 12.9. The highest BCUT2D eigenvalue weighted by Gasteiger charge is 2.06. The topological polar surface area (TPSA) is 126 Å². The molecule has 17 heavy (non-hydrogen) atoms. The smallest absolute Gasteiger partial charge is 0.276 e. The Labute approximate surface area is 101 Å². The van der Waals surface area contributed by atoms with Crippen LogP contribution < -0.4 is 15.2 Å². The van der Waals surface area contributed by atoms with E-state index in [2.05, 4.69) is 14.6 Å². The minimum atomic E-state index is -3.45. The molecule has 102 valence electrons. The minimum absolute atomic E-state index is 0.145. The van der Waals surface area contributed by atoms with Crippen molar-refractivity contribution in [2.24, 2.45) is 10.9 Å². The monoisotopic (exact) mass is 268 g/mol. The van der Waals surface area contributed by atoms with Crippen LogP contribution in [-0.2, 0) is 14.9 Å². The molecule has 0 aromatic carbocycles. The van der Waals surface area contributed by atoms with Crippen molar-refractivity contribution in [1.82, 2.24) is 9.44 Å². The van der Waals surface area contributed by atoms with Crippen molar-refractivity contribution in [2.75, 3.05) is 26.8 Å². The molecule has 5 N–H and O–H groups in total. The summed E-state index contributed by atoms with van der Waals surface area (Å²) in [7, 11) is -1.96. The number of hydrogen-bond donors (Lipinski definition) is 4. The van der Waals surface area contributed by atoms with Gasteiger partial charge in [0, 0.05) is 26.6 Å². The first-order valence-corrected chi connectivity index (χ1v) is 6.69. The van der Waals surface area contributed by atoms with E-state index in [0.717, 1.165) is 0 Å². The summed E-state index contributed by atoms with van der Waals surface area (Å²) < 4.78 is 32.0. The predicted molar refractivity (Wildman–Crippen MR) is 64.1 cm³/mol. The van der Waals surface area contributed by atoms with Crippen LogP contribution in [0.5, 0.6) is 0 Å². The predicted octanol–water partition coefficient (Wildman–Crippen LogP) is -1.03. The summed E-state index contributed by atoms with van der Waals surface area (Å²) in [4.78, 5) is 0. The number of oxime groups is 1. The molecule has 0 atom stereocenters. The molecule has 0 aromatic rings. The van der Waals surface area contributed by atoms with E-state index in [0.29, 0.717) is 32.4 Å². The first-order chi connectivity index (χ1) is 8.02. The number of nitrogens with two attached hydrogens (primary N) is 1. The third-order valence-corrected chi connectivity index (χ3v) is 3.05. The van der Waals surface area contributed by atoms with E-state index < -0.39 is 10.2 Å². The lowest BCUT2D eigenvalue weighted by Crippen LogP contribution is -2.38. The van der Waals surface area contributed by atoms with Crippen molar-refractivity contribution in [3.8, 4) is 0 Å². The molecule has 0 aliphatic carbocycles. The number of amidine groups is 1. The molecule has 0 fully saturated rings. The Morgan fingerprint density at radius 2 is 2.00 bits per heavy atom. The number of nitrogens with zero attached hydrogens (tertiary/aromatic N) is 1. The molecule has 0 saturated heterocycles. The molecule has 0 unspecified atom stereocenters. The van der Waals surface area contributed by atoms with Crippen LogP contribution in [0.4, 0.5) is 0 Å². The molecular formula is C8H20N4O4S. The Kier molecular flexibility index (Phi) is 8.68. The quantitative estimate of drug-likeness (QED) is 0.132. The van der Waals surface area contributed by atoms with Crippen molar-refractivity contribution in [1.29, 1.82) is 0 Å². The Bertz CT molecular complexity index is 317. The molecule has 0 amide bonds. The van der Waals surface area contributed by atoms with Crippen molar-refractivity contribution in [3.63, 3.8) is 0 Å². The first-order valence-electron chi connectivity index (χ1n) is 5.21. The molecule has 0 aliphatic rings. The molecule has 8 nitrogen and oxygen atoms in total. The fourth-order valence-electron chi connectivity index (χ4n) is 1.02. The van der Waals surface area contributed by atoms with Crippen LogP contribution in [0.3, 0.4) is 0 Å². The molecule has 0 saturated carbocycles. The van der Waals surface area contributed by atoms with E-state index in [-0.39, 0.29) is 12.4 Å². The lowest BCUT2D eigenvalue weighted by atomic mass is 10.2. The van der Waals surface area contributed by atoms with Gasteiger partial charge in [-0.15, -0.1) is 0 Å². The largest absolute Gasteiger partial charge is 0.409 e. The van der Waals surface area contributed by atoms with Crippen LogP contribution in [0, 0.1) is 0 Å². The van der Waals surface area contributed by atoms with Gasteiger partial charge in [0.05, 0.1) is 6.61 Å². The SMILES string of the molecule is COCCNS(=O)(=O)NCCCCC(N)=NO. The van der Waals surface area contributed by atoms with Crippen LogP contribution in [0.15, 0.2) is 5.16 Å². The molecule has 0 aliphatic heterocycles. The standard InChI is InChI=1S/C8H20N4O4S/c1-16-7-6-11-17(14,15)10-5-3-2-4-8(9)12-13/h10-11,13H,2-7H2,1H3,(H2,9,12). The summed E-state index contributed by atoms with van der Waals surface area (Å²) in [6.07, 6.45) is 1.70. The van der Waals surface area contributed by atoms with Crippen LogP contribution in [0.1, 0.15) is 19.3 Å². The van der Waals surface area contributed by atoms with Gasteiger partial charge >= 0.3 is 0 Å². The Morgan fingerprint density at radius 1 is 1.35 bits per heavy atom. The van der Waals surface area contributed by atoms with Gasteiger partial charge < -0.3 is 15.7 Å². The maximum absolute atomic E-state index is 11.3. The van der Waals surface area contributed by atoms with Gasteiger partial charge in [0.25, 0.3) is 10.2 Å². The van der Waals surface area contributed by atoms with Gasteiger partial charge in [-0.25, -0.2) is 4.72 Å². The van der Waals surface area contributed by atoms with E-state index >= 15 is 0 Å². The summed E-state index contributed by atoms with van der Waals surface area (Å²) in [6, 6.07) is 0. The molecular weight excluding hydrogens is 248 g/mol.